The van der Waals surface area contributed by atoms with E-state index in [0.29, 0.717) is 12.0 Å². The largest absolute Gasteiger partial charge is 0.356 e. The number of nitro benzene ring substituents is 1. The van der Waals surface area contributed by atoms with Crippen LogP contribution in [0.2, 0.25) is 0 Å². The van der Waals surface area contributed by atoms with Crippen LogP contribution in [0.25, 0.3) is 0 Å². The van der Waals surface area contributed by atoms with Crippen molar-refractivity contribution in [3.63, 3.8) is 0 Å². The van der Waals surface area contributed by atoms with Crippen molar-refractivity contribution in [1.82, 2.24) is 0 Å². The Hall–Kier alpha value is -1.46. The highest BCUT2D eigenvalue weighted by Crippen LogP contribution is 2.23. The van der Waals surface area contributed by atoms with Crippen molar-refractivity contribution >= 4 is 5.69 Å². The number of aryl methyl sites for hydroxylation is 1. The van der Waals surface area contributed by atoms with Gasteiger partial charge >= 0.3 is 0 Å². The lowest BCUT2D eigenvalue weighted by molar-refractivity contribution is -0.385. The molecule has 0 aliphatic heterocycles. The van der Waals surface area contributed by atoms with Gasteiger partial charge in [0.05, 0.1) is 4.92 Å². The van der Waals surface area contributed by atoms with Gasteiger partial charge in [0, 0.05) is 32.3 Å². The summed E-state index contributed by atoms with van der Waals surface area (Å²) in [6, 6.07) is 5.00. The van der Waals surface area contributed by atoms with Crippen LogP contribution >= 0.6 is 0 Å². The molecule has 0 saturated carbocycles. The number of nitrogens with zero attached hydrogens (tertiary/aromatic N) is 1. The highest BCUT2D eigenvalue weighted by atomic mass is 16.7. The van der Waals surface area contributed by atoms with Crippen LogP contribution in [0.3, 0.4) is 0 Å². The zero-order valence-corrected chi connectivity index (χ0v) is 9.60. The Bertz CT molecular complexity index is 374. The number of nitro groups is 1. The Balaban J connectivity index is 3.05. The van der Waals surface area contributed by atoms with Gasteiger partial charge in [-0.05, 0) is 12.5 Å². The number of hydrogen-bond acceptors (Lipinski definition) is 4. The summed E-state index contributed by atoms with van der Waals surface area (Å²) < 4.78 is 10.1. The van der Waals surface area contributed by atoms with Crippen LogP contribution in [0.1, 0.15) is 11.1 Å². The SMILES string of the molecule is COC(Cc1c(C)cccc1[N+](=O)[O-])OC. The van der Waals surface area contributed by atoms with E-state index in [9.17, 15) is 10.1 Å². The van der Waals surface area contributed by atoms with Gasteiger partial charge in [-0.1, -0.05) is 12.1 Å². The lowest BCUT2D eigenvalue weighted by Crippen LogP contribution is -2.17. The summed E-state index contributed by atoms with van der Waals surface area (Å²) in [4.78, 5) is 10.5. The molecule has 0 unspecified atom stereocenters. The highest BCUT2D eigenvalue weighted by molar-refractivity contribution is 5.45. The third kappa shape index (κ3) is 2.77. The summed E-state index contributed by atoms with van der Waals surface area (Å²) in [6.45, 7) is 1.84. The molecular weight excluding hydrogens is 210 g/mol. The molecule has 0 heterocycles. The first kappa shape index (κ1) is 12.6. The first-order valence-corrected chi connectivity index (χ1v) is 4.88. The van der Waals surface area contributed by atoms with Crippen LogP contribution in [0, 0.1) is 17.0 Å². The number of ether oxygens (including phenoxy) is 2. The first-order valence-electron chi connectivity index (χ1n) is 4.88. The molecule has 5 heteroatoms. The molecule has 0 aromatic heterocycles. The van der Waals surface area contributed by atoms with Crippen LogP contribution in [-0.2, 0) is 15.9 Å². The lowest BCUT2D eigenvalue weighted by atomic mass is 10.0. The predicted molar refractivity (Wildman–Crippen MR) is 59.3 cm³/mol. The molecule has 0 aliphatic carbocycles. The molecule has 0 atom stereocenters. The number of methoxy groups -OCH3 is 2. The molecular formula is C11H15NO4. The van der Waals surface area contributed by atoms with Crippen LogP contribution in [-0.4, -0.2) is 25.4 Å². The Morgan fingerprint density at radius 3 is 2.50 bits per heavy atom. The fraction of sp³-hybridized carbons (Fsp3) is 0.455. The van der Waals surface area contributed by atoms with E-state index in [1.54, 1.807) is 6.07 Å². The van der Waals surface area contributed by atoms with Crippen molar-refractivity contribution in [1.29, 1.82) is 0 Å². The minimum Gasteiger partial charge on any atom is -0.356 e. The summed E-state index contributed by atoms with van der Waals surface area (Å²) in [6.07, 6.45) is -0.0875. The van der Waals surface area contributed by atoms with Crippen molar-refractivity contribution in [2.75, 3.05) is 14.2 Å². The van der Waals surface area contributed by atoms with Gasteiger partial charge in [-0.3, -0.25) is 10.1 Å². The topological polar surface area (TPSA) is 61.6 Å². The van der Waals surface area contributed by atoms with Gasteiger partial charge in [0.15, 0.2) is 6.29 Å². The average molecular weight is 225 g/mol. The molecule has 1 aromatic rings. The smallest absolute Gasteiger partial charge is 0.273 e. The van der Waals surface area contributed by atoms with E-state index in [2.05, 4.69) is 0 Å². The maximum absolute atomic E-state index is 10.9. The summed E-state index contributed by atoms with van der Waals surface area (Å²) >= 11 is 0. The summed E-state index contributed by atoms with van der Waals surface area (Å²) in [5.74, 6) is 0. The second-order valence-electron chi connectivity index (χ2n) is 3.43. The van der Waals surface area contributed by atoms with E-state index in [-0.39, 0.29) is 10.6 Å². The van der Waals surface area contributed by atoms with Crippen molar-refractivity contribution in [2.45, 2.75) is 19.6 Å². The maximum Gasteiger partial charge on any atom is 0.273 e. The molecule has 5 nitrogen and oxygen atoms in total. The second kappa shape index (κ2) is 5.58. The van der Waals surface area contributed by atoms with Gasteiger partial charge in [0.1, 0.15) is 0 Å². The zero-order chi connectivity index (χ0) is 12.1. The molecule has 0 spiro atoms. The van der Waals surface area contributed by atoms with Gasteiger partial charge in [-0.2, -0.15) is 0 Å². The number of benzene rings is 1. The summed E-state index contributed by atoms with van der Waals surface area (Å²) in [5.41, 5.74) is 1.63. The zero-order valence-electron chi connectivity index (χ0n) is 9.60. The van der Waals surface area contributed by atoms with E-state index >= 15 is 0 Å². The molecule has 0 amide bonds. The van der Waals surface area contributed by atoms with E-state index in [4.69, 9.17) is 9.47 Å². The molecule has 1 rings (SSSR count). The predicted octanol–water partition coefficient (Wildman–Crippen LogP) is 2.06. The quantitative estimate of drug-likeness (QED) is 0.437. The summed E-state index contributed by atoms with van der Waals surface area (Å²) in [7, 11) is 3.02. The van der Waals surface area contributed by atoms with Crippen molar-refractivity contribution in [3.05, 3.63) is 39.4 Å². The van der Waals surface area contributed by atoms with Crippen LogP contribution in [0.15, 0.2) is 18.2 Å². The van der Waals surface area contributed by atoms with Gasteiger partial charge in [0.2, 0.25) is 0 Å². The van der Waals surface area contributed by atoms with Gasteiger partial charge in [-0.15, -0.1) is 0 Å². The average Bonchev–Trinajstić information content (AvgIpc) is 2.27. The van der Waals surface area contributed by atoms with Crippen molar-refractivity contribution < 1.29 is 14.4 Å². The molecule has 0 saturated heterocycles. The fourth-order valence-corrected chi connectivity index (χ4v) is 1.55. The Morgan fingerprint density at radius 2 is 2.00 bits per heavy atom. The minimum absolute atomic E-state index is 0.110. The molecule has 0 N–H and O–H groups in total. The standard InChI is InChI=1S/C11H15NO4/c1-8-5-4-6-10(12(13)14)9(8)7-11(15-2)16-3/h4-6,11H,7H2,1-3H3. The van der Waals surface area contributed by atoms with Crippen LogP contribution < -0.4 is 0 Å². The van der Waals surface area contributed by atoms with E-state index in [1.165, 1.54) is 20.3 Å². The van der Waals surface area contributed by atoms with E-state index < -0.39 is 6.29 Å². The number of rotatable bonds is 5. The van der Waals surface area contributed by atoms with E-state index in [0.717, 1.165) is 5.56 Å². The number of hydrogen-bond donors (Lipinski definition) is 0. The Kier molecular flexibility index (Phi) is 4.39. The molecule has 16 heavy (non-hydrogen) atoms. The lowest BCUT2D eigenvalue weighted by Gasteiger charge is -2.14. The molecule has 0 radical (unpaired) electrons. The Labute approximate surface area is 94.1 Å². The van der Waals surface area contributed by atoms with Crippen LogP contribution in [0.4, 0.5) is 5.69 Å². The molecule has 0 aliphatic rings. The van der Waals surface area contributed by atoms with Gasteiger partial charge in [-0.25, -0.2) is 0 Å². The van der Waals surface area contributed by atoms with Crippen molar-refractivity contribution in [2.24, 2.45) is 0 Å². The molecule has 88 valence electrons. The third-order valence-corrected chi connectivity index (χ3v) is 2.48. The second-order valence-corrected chi connectivity index (χ2v) is 3.43. The monoisotopic (exact) mass is 225 g/mol. The fourth-order valence-electron chi connectivity index (χ4n) is 1.55. The van der Waals surface area contributed by atoms with E-state index in [1.807, 2.05) is 13.0 Å². The molecule has 0 fully saturated rings. The first-order chi connectivity index (χ1) is 7.60. The normalized spacial score (nSPS) is 10.8. The minimum atomic E-state index is -0.459. The van der Waals surface area contributed by atoms with Gasteiger partial charge < -0.3 is 9.47 Å². The molecule has 0 bridgehead atoms. The third-order valence-electron chi connectivity index (χ3n) is 2.48. The van der Waals surface area contributed by atoms with Crippen LogP contribution in [0.5, 0.6) is 0 Å². The molecule has 1 aromatic carbocycles. The highest BCUT2D eigenvalue weighted by Gasteiger charge is 2.19. The summed E-state index contributed by atoms with van der Waals surface area (Å²) in [5, 5.41) is 10.9. The van der Waals surface area contributed by atoms with Gasteiger partial charge in [0.25, 0.3) is 5.69 Å². The van der Waals surface area contributed by atoms with Crippen molar-refractivity contribution in [3.8, 4) is 0 Å². The Morgan fingerprint density at radius 1 is 1.38 bits per heavy atom. The maximum atomic E-state index is 10.9.